The van der Waals surface area contributed by atoms with Crippen molar-refractivity contribution in [3.63, 3.8) is 0 Å². The highest BCUT2D eigenvalue weighted by Gasteiger charge is 2.18. The maximum Gasteiger partial charge on any atom is 0.361 e. The first-order valence-corrected chi connectivity index (χ1v) is 3.69. The van der Waals surface area contributed by atoms with Crippen molar-refractivity contribution in [3.8, 4) is 0 Å². The summed E-state index contributed by atoms with van der Waals surface area (Å²) >= 11 is 2.80. The Kier molecular flexibility index (Phi) is 4.44. The van der Waals surface area contributed by atoms with Crippen molar-refractivity contribution in [2.75, 3.05) is 12.4 Å². The van der Waals surface area contributed by atoms with Gasteiger partial charge in [-0.25, -0.2) is 4.79 Å². The molecule has 0 radical (unpaired) electrons. The predicted octanol–water partition coefficient (Wildman–Crippen LogP) is 0.0374. The van der Waals surface area contributed by atoms with Crippen molar-refractivity contribution in [1.82, 2.24) is 0 Å². The molecule has 0 unspecified atom stereocenters. The molecule has 0 saturated carbocycles. The third-order valence-corrected chi connectivity index (χ3v) is 1.28. The number of hydrogen-bond donors (Lipinski definition) is 1. The van der Waals surface area contributed by atoms with Gasteiger partial charge in [0.1, 0.15) is 7.11 Å². The molecule has 0 aliphatic rings. The van der Waals surface area contributed by atoms with E-state index in [4.69, 9.17) is 5.11 Å². The summed E-state index contributed by atoms with van der Waals surface area (Å²) < 4.78 is 0. The van der Waals surface area contributed by atoms with E-state index >= 15 is 0 Å². The van der Waals surface area contributed by atoms with E-state index in [2.05, 4.69) is 25.9 Å². The normalized spacial score (nSPS) is 10.9. The van der Waals surface area contributed by atoms with Crippen molar-refractivity contribution >= 4 is 33.4 Å². The molecule has 0 rings (SSSR count). The third-order valence-electron chi connectivity index (χ3n) is 0.771. The highest BCUT2D eigenvalue weighted by molar-refractivity contribution is 9.09. The Balaban J connectivity index is 4.48. The SMILES string of the molecule is CO/N=C(/C(=O)O)C(=O)CBr. The molecule has 0 saturated heterocycles. The Morgan fingerprint density at radius 2 is 2.18 bits per heavy atom. The fourth-order valence-corrected chi connectivity index (χ4v) is 0.629. The van der Waals surface area contributed by atoms with E-state index in [0.717, 1.165) is 0 Å². The Bertz CT molecular complexity index is 201. The van der Waals surface area contributed by atoms with Crippen LogP contribution in [0.25, 0.3) is 0 Å². The lowest BCUT2D eigenvalue weighted by atomic mass is 10.3. The molecule has 0 aromatic carbocycles. The number of alkyl halides is 1. The summed E-state index contributed by atoms with van der Waals surface area (Å²) in [5, 5.41) is 11.3. The summed E-state index contributed by atoms with van der Waals surface area (Å²) in [5.41, 5.74) is -0.607. The van der Waals surface area contributed by atoms with Gasteiger partial charge in [0, 0.05) is 0 Å². The zero-order chi connectivity index (χ0) is 8.85. The third kappa shape index (κ3) is 3.13. The number of halogens is 1. The van der Waals surface area contributed by atoms with Crippen molar-refractivity contribution in [1.29, 1.82) is 0 Å². The van der Waals surface area contributed by atoms with Crippen molar-refractivity contribution in [2.45, 2.75) is 0 Å². The lowest BCUT2D eigenvalue weighted by Crippen LogP contribution is -2.24. The number of carboxylic acids is 1. The van der Waals surface area contributed by atoms with Crippen LogP contribution in [0.1, 0.15) is 0 Å². The van der Waals surface area contributed by atoms with E-state index in [0.29, 0.717) is 0 Å². The van der Waals surface area contributed by atoms with E-state index in [1.807, 2.05) is 0 Å². The Hall–Kier alpha value is -0.910. The molecule has 0 amide bonds. The molecule has 11 heavy (non-hydrogen) atoms. The number of nitrogens with zero attached hydrogens (tertiary/aromatic N) is 1. The fourth-order valence-electron chi connectivity index (χ4n) is 0.364. The molecular weight excluding hydrogens is 218 g/mol. The number of rotatable bonds is 4. The van der Waals surface area contributed by atoms with Crippen LogP contribution >= 0.6 is 15.9 Å². The standard InChI is InChI=1S/C5H6BrNO4/c1-11-7-4(5(9)10)3(8)2-6/h2H2,1H3,(H,9,10)/b7-4+. The van der Waals surface area contributed by atoms with Gasteiger partial charge in [-0.3, -0.25) is 4.79 Å². The van der Waals surface area contributed by atoms with E-state index in [-0.39, 0.29) is 5.33 Å². The van der Waals surface area contributed by atoms with Gasteiger partial charge in [0.25, 0.3) is 0 Å². The molecule has 0 aromatic heterocycles. The lowest BCUT2D eigenvalue weighted by Gasteiger charge is -1.94. The number of ketones is 1. The second-order valence-electron chi connectivity index (χ2n) is 1.48. The molecule has 0 heterocycles. The summed E-state index contributed by atoms with van der Waals surface area (Å²) in [6.45, 7) is 0. The second kappa shape index (κ2) is 4.84. The number of carbonyl (C=O) groups excluding carboxylic acids is 1. The minimum atomic E-state index is -1.39. The molecule has 0 aromatic rings. The quantitative estimate of drug-likeness (QED) is 0.316. The molecule has 62 valence electrons. The highest BCUT2D eigenvalue weighted by atomic mass is 79.9. The van der Waals surface area contributed by atoms with Crippen molar-refractivity contribution < 1.29 is 19.5 Å². The number of carboxylic acid groups (broad SMARTS) is 1. The molecule has 0 aliphatic carbocycles. The molecular formula is C5H6BrNO4. The number of carbonyl (C=O) groups is 2. The molecule has 6 heteroatoms. The summed E-state index contributed by atoms with van der Waals surface area (Å²) in [5.74, 6) is -2.02. The van der Waals surface area contributed by atoms with Gasteiger partial charge >= 0.3 is 5.97 Å². The number of aliphatic carboxylic acids is 1. The van der Waals surface area contributed by atoms with Gasteiger partial charge in [-0.1, -0.05) is 21.1 Å². The van der Waals surface area contributed by atoms with Crippen LogP contribution in [0.4, 0.5) is 0 Å². The average Bonchev–Trinajstić information content (AvgIpc) is 1.98. The van der Waals surface area contributed by atoms with E-state index in [1.54, 1.807) is 0 Å². The van der Waals surface area contributed by atoms with Crippen LogP contribution in [-0.2, 0) is 14.4 Å². The van der Waals surface area contributed by atoms with Crippen molar-refractivity contribution in [2.24, 2.45) is 5.16 Å². The van der Waals surface area contributed by atoms with Crippen LogP contribution < -0.4 is 0 Å². The summed E-state index contributed by atoms with van der Waals surface area (Å²) in [6.07, 6.45) is 0. The average molecular weight is 224 g/mol. The highest BCUT2D eigenvalue weighted by Crippen LogP contribution is 1.89. The fraction of sp³-hybridized carbons (Fsp3) is 0.400. The summed E-state index contributed by atoms with van der Waals surface area (Å²) in [6, 6.07) is 0. The van der Waals surface area contributed by atoms with E-state index in [1.165, 1.54) is 7.11 Å². The molecule has 0 bridgehead atoms. The zero-order valence-electron chi connectivity index (χ0n) is 5.70. The summed E-state index contributed by atoms with van der Waals surface area (Å²) in [4.78, 5) is 25.1. The number of oxime groups is 1. The van der Waals surface area contributed by atoms with Gasteiger partial charge in [-0.15, -0.1) is 0 Å². The predicted molar refractivity (Wildman–Crippen MR) is 40.9 cm³/mol. The van der Waals surface area contributed by atoms with E-state index < -0.39 is 17.5 Å². The molecule has 1 N–H and O–H groups in total. The molecule has 5 nitrogen and oxygen atoms in total. The topological polar surface area (TPSA) is 76.0 Å². The Morgan fingerprint density at radius 3 is 2.45 bits per heavy atom. The van der Waals surface area contributed by atoms with Crippen LogP contribution in [0.15, 0.2) is 5.16 Å². The molecule has 0 atom stereocenters. The first-order valence-electron chi connectivity index (χ1n) is 2.57. The van der Waals surface area contributed by atoms with E-state index in [9.17, 15) is 9.59 Å². The monoisotopic (exact) mass is 223 g/mol. The van der Waals surface area contributed by atoms with Gasteiger partial charge in [-0.2, -0.15) is 0 Å². The summed E-state index contributed by atoms with van der Waals surface area (Å²) in [7, 11) is 1.17. The molecule has 0 aliphatic heterocycles. The first-order chi connectivity index (χ1) is 5.13. The minimum absolute atomic E-state index is 0.0819. The van der Waals surface area contributed by atoms with Gasteiger partial charge in [-0.05, 0) is 0 Å². The second-order valence-corrected chi connectivity index (χ2v) is 2.05. The van der Waals surface area contributed by atoms with Crippen LogP contribution in [0, 0.1) is 0 Å². The number of hydrogen-bond acceptors (Lipinski definition) is 4. The smallest absolute Gasteiger partial charge is 0.361 e. The van der Waals surface area contributed by atoms with Crippen LogP contribution in [-0.4, -0.2) is 35.0 Å². The maximum atomic E-state index is 10.7. The van der Waals surface area contributed by atoms with Crippen molar-refractivity contribution in [3.05, 3.63) is 0 Å². The van der Waals surface area contributed by atoms with Crippen LogP contribution in [0.5, 0.6) is 0 Å². The molecule has 0 fully saturated rings. The van der Waals surface area contributed by atoms with Gasteiger partial charge in [0.2, 0.25) is 11.5 Å². The number of Topliss-reactive ketones (excluding diaryl/α,β-unsaturated/α-hetero) is 1. The Labute approximate surface area is 71.1 Å². The lowest BCUT2D eigenvalue weighted by molar-refractivity contribution is -0.130. The maximum absolute atomic E-state index is 10.7. The minimum Gasteiger partial charge on any atom is -0.476 e. The largest absolute Gasteiger partial charge is 0.476 e. The Morgan fingerprint density at radius 1 is 1.64 bits per heavy atom. The first kappa shape index (κ1) is 10.1. The zero-order valence-corrected chi connectivity index (χ0v) is 7.29. The van der Waals surface area contributed by atoms with Gasteiger partial charge in [0.05, 0.1) is 5.33 Å². The van der Waals surface area contributed by atoms with Crippen LogP contribution in [0.2, 0.25) is 0 Å². The molecule has 0 spiro atoms. The van der Waals surface area contributed by atoms with Gasteiger partial charge in [0.15, 0.2) is 0 Å². The van der Waals surface area contributed by atoms with Gasteiger partial charge < -0.3 is 9.94 Å². The van der Waals surface area contributed by atoms with Crippen LogP contribution in [0.3, 0.4) is 0 Å².